The van der Waals surface area contributed by atoms with Crippen molar-refractivity contribution in [2.75, 3.05) is 11.1 Å². The molecule has 0 saturated heterocycles. The predicted molar refractivity (Wildman–Crippen MR) is 92.3 cm³/mol. The van der Waals surface area contributed by atoms with E-state index in [2.05, 4.69) is 41.5 Å². The van der Waals surface area contributed by atoms with Crippen LogP contribution in [0.2, 0.25) is 0 Å². The zero-order valence-electron chi connectivity index (χ0n) is 12.2. The number of hydrogen-bond donors (Lipinski definition) is 1. The third kappa shape index (κ3) is 3.67. The Morgan fingerprint density at radius 3 is 2.83 bits per heavy atom. The molecular formula is C14H13BrN6OS. The van der Waals surface area contributed by atoms with Gasteiger partial charge in [0.1, 0.15) is 11.4 Å². The fourth-order valence-corrected chi connectivity index (χ4v) is 2.95. The standard InChI is InChI=1S/C14H13BrN6OS/c1-2-21-13-12(19-20-21)14(17-8-16-13)23-7-11(22)18-10-5-3-9(15)4-6-10/h3-6,8H,2,7H2,1H3,(H,18,22). The molecule has 23 heavy (non-hydrogen) atoms. The summed E-state index contributed by atoms with van der Waals surface area (Å²) in [5.41, 5.74) is 2.05. The molecule has 0 radical (unpaired) electrons. The van der Waals surface area contributed by atoms with Gasteiger partial charge < -0.3 is 5.32 Å². The summed E-state index contributed by atoms with van der Waals surface area (Å²) < 4.78 is 2.66. The van der Waals surface area contributed by atoms with E-state index >= 15 is 0 Å². The Bertz CT molecular complexity index is 835. The zero-order valence-corrected chi connectivity index (χ0v) is 14.6. The highest BCUT2D eigenvalue weighted by Gasteiger charge is 2.13. The van der Waals surface area contributed by atoms with Crippen LogP contribution in [0.1, 0.15) is 6.92 Å². The minimum Gasteiger partial charge on any atom is -0.325 e. The fraction of sp³-hybridized carbons (Fsp3) is 0.214. The highest BCUT2D eigenvalue weighted by atomic mass is 79.9. The van der Waals surface area contributed by atoms with Crippen LogP contribution in [-0.4, -0.2) is 36.6 Å². The zero-order chi connectivity index (χ0) is 16.2. The molecule has 2 heterocycles. The number of aryl methyl sites for hydroxylation is 1. The van der Waals surface area contributed by atoms with Crippen molar-refractivity contribution >= 4 is 50.5 Å². The Morgan fingerprint density at radius 1 is 1.30 bits per heavy atom. The molecule has 0 spiro atoms. The molecule has 0 unspecified atom stereocenters. The summed E-state index contributed by atoms with van der Waals surface area (Å²) in [6.07, 6.45) is 1.47. The number of benzene rings is 1. The molecule has 1 amide bonds. The van der Waals surface area contributed by atoms with Crippen molar-refractivity contribution in [2.24, 2.45) is 0 Å². The summed E-state index contributed by atoms with van der Waals surface area (Å²) in [6, 6.07) is 7.42. The monoisotopic (exact) mass is 392 g/mol. The number of carbonyl (C=O) groups is 1. The SMILES string of the molecule is CCn1nnc2c(SCC(=O)Nc3ccc(Br)cc3)ncnc21. The molecule has 3 rings (SSSR count). The Labute approximate surface area is 145 Å². The highest BCUT2D eigenvalue weighted by Crippen LogP contribution is 2.22. The summed E-state index contributed by atoms with van der Waals surface area (Å²) in [4.78, 5) is 20.4. The van der Waals surface area contributed by atoms with Crippen LogP contribution < -0.4 is 5.32 Å². The quantitative estimate of drug-likeness (QED) is 0.530. The van der Waals surface area contributed by atoms with E-state index in [0.29, 0.717) is 22.7 Å². The Morgan fingerprint density at radius 2 is 2.09 bits per heavy atom. The molecule has 1 aromatic carbocycles. The predicted octanol–water partition coefficient (Wildman–Crippen LogP) is 2.73. The number of halogens is 1. The molecular weight excluding hydrogens is 380 g/mol. The van der Waals surface area contributed by atoms with Crippen molar-refractivity contribution in [3.8, 4) is 0 Å². The number of fused-ring (bicyclic) bond motifs is 1. The van der Waals surface area contributed by atoms with E-state index in [1.165, 1.54) is 18.1 Å². The molecule has 0 atom stereocenters. The normalized spacial score (nSPS) is 10.9. The number of anilines is 1. The number of nitrogens with zero attached hydrogens (tertiary/aromatic N) is 5. The van der Waals surface area contributed by atoms with Gasteiger partial charge in [0.15, 0.2) is 11.2 Å². The molecule has 9 heteroatoms. The summed E-state index contributed by atoms with van der Waals surface area (Å²) in [6.45, 7) is 2.65. The van der Waals surface area contributed by atoms with Crippen LogP contribution in [0.4, 0.5) is 5.69 Å². The van der Waals surface area contributed by atoms with Crippen molar-refractivity contribution < 1.29 is 4.79 Å². The van der Waals surface area contributed by atoms with E-state index in [4.69, 9.17) is 0 Å². The van der Waals surface area contributed by atoms with Gasteiger partial charge in [-0.1, -0.05) is 32.9 Å². The Hall–Kier alpha value is -2.00. The summed E-state index contributed by atoms with van der Waals surface area (Å²) >= 11 is 4.67. The van der Waals surface area contributed by atoms with Crippen LogP contribution in [0.25, 0.3) is 11.2 Å². The number of aromatic nitrogens is 5. The molecule has 0 saturated carbocycles. The molecule has 0 aliphatic heterocycles. The van der Waals surface area contributed by atoms with Crippen molar-refractivity contribution in [3.63, 3.8) is 0 Å². The second-order valence-corrected chi connectivity index (χ2v) is 6.48. The molecule has 0 aliphatic carbocycles. The first-order chi connectivity index (χ1) is 11.2. The summed E-state index contributed by atoms with van der Waals surface area (Å²) in [5, 5.41) is 11.6. The smallest absolute Gasteiger partial charge is 0.234 e. The Balaban J connectivity index is 1.67. The first-order valence-electron chi connectivity index (χ1n) is 6.89. The Kier molecular flexibility index (Phi) is 4.87. The number of thioether (sulfide) groups is 1. The number of carbonyl (C=O) groups excluding carboxylic acids is 1. The average molecular weight is 393 g/mol. The van der Waals surface area contributed by atoms with Gasteiger partial charge in [-0.05, 0) is 31.2 Å². The largest absolute Gasteiger partial charge is 0.325 e. The van der Waals surface area contributed by atoms with Crippen LogP contribution in [0.3, 0.4) is 0 Å². The molecule has 118 valence electrons. The van der Waals surface area contributed by atoms with E-state index in [1.807, 2.05) is 31.2 Å². The van der Waals surface area contributed by atoms with E-state index in [1.54, 1.807) is 4.68 Å². The molecule has 3 aromatic rings. The number of rotatable bonds is 5. The summed E-state index contributed by atoms with van der Waals surface area (Å²) in [5.74, 6) is 0.133. The molecule has 1 N–H and O–H groups in total. The van der Waals surface area contributed by atoms with Gasteiger partial charge in [0.25, 0.3) is 0 Å². The first-order valence-corrected chi connectivity index (χ1v) is 8.67. The maximum absolute atomic E-state index is 12.0. The van der Waals surface area contributed by atoms with Crippen LogP contribution >= 0.6 is 27.7 Å². The minimum atomic E-state index is -0.105. The van der Waals surface area contributed by atoms with Gasteiger partial charge >= 0.3 is 0 Å². The highest BCUT2D eigenvalue weighted by molar-refractivity contribution is 9.10. The van der Waals surface area contributed by atoms with Crippen molar-refractivity contribution in [3.05, 3.63) is 35.1 Å². The van der Waals surface area contributed by atoms with E-state index < -0.39 is 0 Å². The lowest BCUT2D eigenvalue weighted by molar-refractivity contribution is -0.113. The topological polar surface area (TPSA) is 85.6 Å². The van der Waals surface area contributed by atoms with E-state index in [0.717, 1.165) is 10.2 Å². The number of nitrogens with one attached hydrogen (secondary N) is 1. The van der Waals surface area contributed by atoms with Gasteiger partial charge in [-0.15, -0.1) is 5.10 Å². The van der Waals surface area contributed by atoms with Crippen LogP contribution in [-0.2, 0) is 11.3 Å². The molecule has 2 aromatic heterocycles. The molecule has 7 nitrogen and oxygen atoms in total. The van der Waals surface area contributed by atoms with Gasteiger partial charge in [0.05, 0.1) is 5.75 Å². The van der Waals surface area contributed by atoms with E-state index in [-0.39, 0.29) is 11.7 Å². The van der Waals surface area contributed by atoms with Gasteiger partial charge in [0, 0.05) is 16.7 Å². The maximum Gasteiger partial charge on any atom is 0.234 e. The second-order valence-electron chi connectivity index (χ2n) is 4.60. The number of amides is 1. The van der Waals surface area contributed by atoms with Gasteiger partial charge in [-0.2, -0.15) is 0 Å². The first kappa shape index (κ1) is 15.9. The second kappa shape index (κ2) is 7.05. The van der Waals surface area contributed by atoms with Crippen molar-refractivity contribution in [1.82, 2.24) is 25.0 Å². The lowest BCUT2D eigenvalue weighted by Crippen LogP contribution is -2.14. The van der Waals surface area contributed by atoms with E-state index in [9.17, 15) is 4.79 Å². The third-order valence-electron chi connectivity index (χ3n) is 3.03. The van der Waals surface area contributed by atoms with Crippen LogP contribution in [0, 0.1) is 0 Å². The lowest BCUT2D eigenvalue weighted by Gasteiger charge is -2.05. The van der Waals surface area contributed by atoms with Crippen molar-refractivity contribution in [1.29, 1.82) is 0 Å². The molecule has 0 bridgehead atoms. The average Bonchev–Trinajstić information content (AvgIpc) is 2.99. The van der Waals surface area contributed by atoms with Gasteiger partial charge in [-0.3, -0.25) is 4.79 Å². The lowest BCUT2D eigenvalue weighted by atomic mass is 10.3. The minimum absolute atomic E-state index is 0.105. The van der Waals surface area contributed by atoms with Crippen LogP contribution in [0.15, 0.2) is 40.1 Å². The summed E-state index contributed by atoms with van der Waals surface area (Å²) in [7, 11) is 0. The van der Waals surface area contributed by atoms with Gasteiger partial charge in [0.2, 0.25) is 5.91 Å². The fourth-order valence-electron chi connectivity index (χ4n) is 1.95. The molecule has 0 fully saturated rings. The maximum atomic E-state index is 12.0. The van der Waals surface area contributed by atoms with Gasteiger partial charge in [-0.25, -0.2) is 14.6 Å². The third-order valence-corrected chi connectivity index (χ3v) is 4.54. The van der Waals surface area contributed by atoms with Crippen molar-refractivity contribution in [2.45, 2.75) is 18.5 Å². The number of hydrogen-bond acceptors (Lipinski definition) is 6. The molecule has 0 aliphatic rings. The van der Waals surface area contributed by atoms with Crippen LogP contribution in [0.5, 0.6) is 0 Å².